The molecule has 0 radical (unpaired) electrons. The van der Waals surface area contributed by atoms with Gasteiger partial charge >= 0.3 is 0 Å². The van der Waals surface area contributed by atoms with Crippen LogP contribution in [0.25, 0.3) is 11.3 Å². The highest BCUT2D eigenvalue weighted by Gasteiger charge is 2.34. The largest absolute Gasteiger partial charge is 0.356 e. The summed E-state index contributed by atoms with van der Waals surface area (Å²) in [4.78, 5) is 26.3. The van der Waals surface area contributed by atoms with Crippen LogP contribution in [-0.4, -0.2) is 23.5 Å². The Hall–Kier alpha value is -3.48. The Morgan fingerprint density at radius 3 is 2.68 bits per heavy atom. The van der Waals surface area contributed by atoms with Crippen molar-refractivity contribution >= 4 is 17.5 Å². The molecule has 1 fully saturated rings. The smallest absolute Gasteiger partial charge is 0.227 e. The van der Waals surface area contributed by atoms with E-state index in [1.165, 1.54) is 12.1 Å². The molecule has 0 saturated carbocycles. The van der Waals surface area contributed by atoms with E-state index in [9.17, 15) is 14.0 Å². The van der Waals surface area contributed by atoms with E-state index in [0.29, 0.717) is 23.6 Å². The number of carbonyl (C=O) groups excluding carboxylic acids is 2. The maximum atomic E-state index is 13.0. The van der Waals surface area contributed by atoms with Crippen molar-refractivity contribution in [2.45, 2.75) is 13.0 Å². The summed E-state index contributed by atoms with van der Waals surface area (Å²) >= 11 is 0. The van der Waals surface area contributed by atoms with Crippen molar-refractivity contribution < 1.29 is 18.5 Å². The minimum absolute atomic E-state index is 0.0635. The average Bonchev–Trinajstić information content (AvgIpc) is 3.34. The molecule has 1 saturated heterocycles. The molecule has 0 spiro atoms. The van der Waals surface area contributed by atoms with Crippen molar-refractivity contribution in [1.82, 2.24) is 10.5 Å². The maximum Gasteiger partial charge on any atom is 0.227 e. The molecule has 0 aliphatic carbocycles. The fourth-order valence-corrected chi connectivity index (χ4v) is 3.21. The molecule has 1 aliphatic heterocycles. The predicted molar refractivity (Wildman–Crippen MR) is 101 cm³/mol. The van der Waals surface area contributed by atoms with E-state index in [2.05, 4.69) is 10.5 Å². The van der Waals surface area contributed by atoms with Crippen molar-refractivity contribution in [3.05, 3.63) is 72.2 Å². The molecule has 2 amide bonds. The van der Waals surface area contributed by atoms with Gasteiger partial charge in [-0.2, -0.15) is 0 Å². The second-order valence-corrected chi connectivity index (χ2v) is 6.65. The fourth-order valence-electron chi connectivity index (χ4n) is 3.21. The Balaban J connectivity index is 1.35. The molecule has 0 bridgehead atoms. The third-order valence-electron chi connectivity index (χ3n) is 4.70. The van der Waals surface area contributed by atoms with Gasteiger partial charge in [0.15, 0.2) is 5.76 Å². The van der Waals surface area contributed by atoms with Crippen molar-refractivity contribution in [1.29, 1.82) is 0 Å². The van der Waals surface area contributed by atoms with Crippen LogP contribution < -0.4 is 10.2 Å². The number of hydrogen-bond donors (Lipinski definition) is 1. The highest BCUT2D eigenvalue weighted by molar-refractivity contribution is 6.00. The molecule has 3 aromatic rings. The fraction of sp³-hybridized carbons (Fsp3) is 0.190. The number of nitrogens with one attached hydrogen (secondary N) is 1. The quantitative estimate of drug-likeness (QED) is 0.739. The highest BCUT2D eigenvalue weighted by Crippen LogP contribution is 2.25. The van der Waals surface area contributed by atoms with Gasteiger partial charge in [-0.15, -0.1) is 0 Å². The minimum Gasteiger partial charge on any atom is -0.356 e. The Bertz CT molecular complexity index is 986. The molecule has 2 aromatic carbocycles. The van der Waals surface area contributed by atoms with Gasteiger partial charge in [-0.1, -0.05) is 23.4 Å². The van der Waals surface area contributed by atoms with E-state index >= 15 is 0 Å². The van der Waals surface area contributed by atoms with E-state index < -0.39 is 5.92 Å². The van der Waals surface area contributed by atoms with Gasteiger partial charge in [0.1, 0.15) is 11.5 Å². The van der Waals surface area contributed by atoms with Crippen LogP contribution >= 0.6 is 0 Å². The summed E-state index contributed by atoms with van der Waals surface area (Å²) < 4.78 is 18.3. The van der Waals surface area contributed by atoms with Crippen LogP contribution in [0.2, 0.25) is 0 Å². The molecule has 4 rings (SSSR count). The molecule has 0 unspecified atom stereocenters. The van der Waals surface area contributed by atoms with Gasteiger partial charge in [0.2, 0.25) is 11.8 Å². The topological polar surface area (TPSA) is 75.4 Å². The molecule has 142 valence electrons. The van der Waals surface area contributed by atoms with E-state index in [0.717, 1.165) is 5.69 Å². The summed E-state index contributed by atoms with van der Waals surface area (Å²) in [5.74, 6) is -0.498. The van der Waals surface area contributed by atoms with Crippen LogP contribution in [0.4, 0.5) is 10.1 Å². The van der Waals surface area contributed by atoms with Crippen molar-refractivity contribution in [3.8, 4) is 11.3 Å². The van der Waals surface area contributed by atoms with Crippen LogP contribution in [-0.2, 0) is 16.1 Å². The van der Waals surface area contributed by atoms with Gasteiger partial charge < -0.3 is 14.7 Å². The number of para-hydroxylation sites is 1. The number of hydrogen-bond acceptors (Lipinski definition) is 4. The van der Waals surface area contributed by atoms with Gasteiger partial charge in [-0.05, 0) is 36.4 Å². The number of aromatic nitrogens is 1. The third kappa shape index (κ3) is 3.78. The predicted octanol–water partition coefficient (Wildman–Crippen LogP) is 3.15. The summed E-state index contributed by atoms with van der Waals surface area (Å²) in [6.07, 6.45) is 0.181. The molecule has 1 atom stereocenters. The molecule has 28 heavy (non-hydrogen) atoms. The maximum absolute atomic E-state index is 13.0. The SMILES string of the molecule is O=C(NCc1cc(-c2ccc(F)cc2)on1)[C@@H]1CC(=O)N(c2ccccc2)C1. The highest BCUT2D eigenvalue weighted by atomic mass is 19.1. The molecule has 1 aromatic heterocycles. The first-order valence-corrected chi connectivity index (χ1v) is 8.95. The Kier molecular flexibility index (Phi) is 4.89. The number of nitrogens with zero attached hydrogens (tertiary/aromatic N) is 2. The second-order valence-electron chi connectivity index (χ2n) is 6.65. The molecule has 7 heteroatoms. The van der Waals surface area contributed by atoms with Gasteiger partial charge in [-0.25, -0.2) is 4.39 Å². The van der Waals surface area contributed by atoms with Gasteiger partial charge in [-0.3, -0.25) is 9.59 Å². The molecule has 6 nitrogen and oxygen atoms in total. The third-order valence-corrected chi connectivity index (χ3v) is 4.70. The Morgan fingerprint density at radius 2 is 1.93 bits per heavy atom. The number of anilines is 1. The molecular formula is C21H18FN3O3. The zero-order valence-electron chi connectivity index (χ0n) is 15.0. The first-order valence-electron chi connectivity index (χ1n) is 8.95. The van der Waals surface area contributed by atoms with Crippen molar-refractivity contribution in [2.75, 3.05) is 11.4 Å². The molecule has 1 aliphatic rings. The van der Waals surface area contributed by atoms with Crippen LogP contribution in [0, 0.1) is 11.7 Å². The summed E-state index contributed by atoms with van der Waals surface area (Å²) in [5, 5.41) is 6.74. The zero-order chi connectivity index (χ0) is 19.5. The average molecular weight is 379 g/mol. The molecular weight excluding hydrogens is 361 g/mol. The summed E-state index contributed by atoms with van der Waals surface area (Å²) in [6, 6.07) is 16.9. The normalized spacial score (nSPS) is 16.4. The van der Waals surface area contributed by atoms with Crippen molar-refractivity contribution in [3.63, 3.8) is 0 Å². The van der Waals surface area contributed by atoms with Crippen LogP contribution in [0.3, 0.4) is 0 Å². The number of rotatable bonds is 5. The first-order chi connectivity index (χ1) is 13.6. The first kappa shape index (κ1) is 17.9. The Labute approximate surface area is 160 Å². The summed E-state index contributed by atoms with van der Waals surface area (Å²) in [7, 11) is 0. The van der Waals surface area contributed by atoms with Crippen LogP contribution in [0.15, 0.2) is 65.2 Å². The standard InChI is InChI=1S/C21H18FN3O3/c22-16-8-6-14(7-9-16)19-11-17(24-28-19)12-23-21(27)15-10-20(26)25(13-15)18-4-2-1-3-5-18/h1-9,11,15H,10,12-13H2,(H,23,27)/t15-/m1/s1. The van der Waals surface area contributed by atoms with Gasteiger partial charge in [0.25, 0.3) is 0 Å². The summed E-state index contributed by atoms with van der Waals surface area (Å²) in [5.41, 5.74) is 2.05. The van der Waals surface area contributed by atoms with Crippen LogP contribution in [0.5, 0.6) is 0 Å². The monoisotopic (exact) mass is 379 g/mol. The molecule has 2 heterocycles. The number of carbonyl (C=O) groups is 2. The van der Waals surface area contributed by atoms with Gasteiger partial charge in [0.05, 0.1) is 12.5 Å². The minimum atomic E-state index is -0.406. The lowest BCUT2D eigenvalue weighted by atomic mass is 10.1. The lowest BCUT2D eigenvalue weighted by Crippen LogP contribution is -2.32. The lowest BCUT2D eigenvalue weighted by molar-refractivity contribution is -0.126. The Morgan fingerprint density at radius 1 is 1.18 bits per heavy atom. The van der Waals surface area contributed by atoms with E-state index in [1.54, 1.807) is 23.1 Å². The van der Waals surface area contributed by atoms with Crippen molar-refractivity contribution in [2.24, 2.45) is 5.92 Å². The lowest BCUT2D eigenvalue weighted by Gasteiger charge is -2.16. The van der Waals surface area contributed by atoms with E-state index in [1.807, 2.05) is 30.3 Å². The van der Waals surface area contributed by atoms with E-state index in [4.69, 9.17) is 4.52 Å². The van der Waals surface area contributed by atoms with E-state index in [-0.39, 0.29) is 30.6 Å². The molecule has 1 N–H and O–H groups in total. The number of halogens is 1. The van der Waals surface area contributed by atoms with Gasteiger partial charge in [0, 0.05) is 30.3 Å². The summed E-state index contributed by atoms with van der Waals surface area (Å²) in [6.45, 7) is 0.549. The zero-order valence-corrected chi connectivity index (χ0v) is 15.0. The number of benzene rings is 2. The van der Waals surface area contributed by atoms with Crippen LogP contribution in [0.1, 0.15) is 12.1 Å². The number of amides is 2. The second kappa shape index (κ2) is 7.64.